The molecule has 1 atom stereocenters. The van der Waals surface area contributed by atoms with Crippen LogP contribution in [-0.4, -0.2) is 33.0 Å². The molecule has 0 saturated carbocycles. The van der Waals surface area contributed by atoms with Crippen molar-refractivity contribution in [1.82, 2.24) is 15.3 Å². The average Bonchev–Trinajstić information content (AvgIpc) is 2.38. The van der Waals surface area contributed by atoms with Crippen LogP contribution >= 0.6 is 0 Å². The standard InChI is InChI=1S/C14H21N3O3/c1-5-6-7-11(14(19)20)17-13(18)12-10(4)15-8(2)9(3)16-12/h11H,5-7H2,1-4H3,(H,17,18)(H,19,20)/t11-/m0/s1. The van der Waals surface area contributed by atoms with E-state index in [-0.39, 0.29) is 5.69 Å². The largest absolute Gasteiger partial charge is 0.480 e. The van der Waals surface area contributed by atoms with E-state index in [1.54, 1.807) is 13.8 Å². The molecule has 0 radical (unpaired) electrons. The van der Waals surface area contributed by atoms with Gasteiger partial charge in [0.1, 0.15) is 11.7 Å². The number of hydrogen-bond acceptors (Lipinski definition) is 4. The monoisotopic (exact) mass is 279 g/mol. The van der Waals surface area contributed by atoms with Crippen LogP contribution in [0.1, 0.15) is 53.8 Å². The Balaban J connectivity index is 2.89. The predicted octanol–water partition coefficient (Wildman–Crippen LogP) is 1.78. The summed E-state index contributed by atoms with van der Waals surface area (Å²) in [6, 6.07) is -0.884. The van der Waals surface area contributed by atoms with Gasteiger partial charge in [0.2, 0.25) is 0 Å². The molecule has 6 nitrogen and oxygen atoms in total. The van der Waals surface area contributed by atoms with E-state index < -0.39 is 17.9 Å². The number of aryl methyl sites for hydroxylation is 3. The summed E-state index contributed by atoms with van der Waals surface area (Å²) in [7, 11) is 0. The van der Waals surface area contributed by atoms with Crippen molar-refractivity contribution in [2.75, 3.05) is 0 Å². The summed E-state index contributed by atoms with van der Waals surface area (Å²) in [5.74, 6) is -1.51. The molecule has 0 aliphatic heterocycles. The summed E-state index contributed by atoms with van der Waals surface area (Å²) in [5.41, 5.74) is 2.13. The molecule has 2 N–H and O–H groups in total. The first kappa shape index (κ1) is 16.1. The summed E-state index contributed by atoms with van der Waals surface area (Å²) in [5, 5.41) is 11.6. The maximum absolute atomic E-state index is 12.1. The van der Waals surface area contributed by atoms with Crippen LogP contribution in [-0.2, 0) is 4.79 Å². The molecule has 6 heteroatoms. The van der Waals surface area contributed by atoms with E-state index in [9.17, 15) is 9.59 Å². The fraction of sp³-hybridized carbons (Fsp3) is 0.571. The number of carboxylic acids is 1. The number of carbonyl (C=O) groups excluding carboxylic acids is 1. The SMILES string of the molecule is CCCC[C@H](NC(=O)c1nc(C)c(C)nc1C)C(=O)O. The van der Waals surface area contributed by atoms with Crippen molar-refractivity contribution < 1.29 is 14.7 Å². The molecule has 20 heavy (non-hydrogen) atoms. The Labute approximate surface area is 118 Å². The van der Waals surface area contributed by atoms with Crippen molar-refractivity contribution in [2.24, 2.45) is 0 Å². The minimum absolute atomic E-state index is 0.191. The summed E-state index contributed by atoms with van der Waals surface area (Å²) in [6.45, 7) is 7.25. The Morgan fingerprint density at radius 3 is 2.30 bits per heavy atom. The van der Waals surface area contributed by atoms with Crippen LogP contribution in [0.4, 0.5) is 0 Å². The number of aliphatic carboxylic acids is 1. The molecular formula is C14H21N3O3. The van der Waals surface area contributed by atoms with Crippen molar-refractivity contribution in [3.63, 3.8) is 0 Å². The van der Waals surface area contributed by atoms with E-state index >= 15 is 0 Å². The van der Waals surface area contributed by atoms with Crippen LogP contribution in [0.5, 0.6) is 0 Å². The second-order valence-corrected chi connectivity index (χ2v) is 4.83. The highest BCUT2D eigenvalue weighted by Crippen LogP contribution is 2.08. The molecule has 1 heterocycles. The molecule has 0 aliphatic carbocycles. The Bertz CT molecular complexity index is 515. The lowest BCUT2D eigenvalue weighted by Crippen LogP contribution is -2.41. The van der Waals surface area contributed by atoms with Gasteiger partial charge < -0.3 is 10.4 Å². The molecule has 1 aromatic heterocycles. The second kappa shape index (κ2) is 6.98. The van der Waals surface area contributed by atoms with Crippen LogP contribution in [0.2, 0.25) is 0 Å². The van der Waals surface area contributed by atoms with Gasteiger partial charge in [0.15, 0.2) is 0 Å². The first-order chi connectivity index (χ1) is 9.36. The van der Waals surface area contributed by atoms with Crippen LogP contribution in [0.25, 0.3) is 0 Å². The fourth-order valence-corrected chi connectivity index (χ4v) is 1.82. The van der Waals surface area contributed by atoms with Crippen molar-refractivity contribution in [1.29, 1.82) is 0 Å². The number of aromatic nitrogens is 2. The summed E-state index contributed by atoms with van der Waals surface area (Å²) in [6.07, 6.45) is 2.03. The van der Waals surface area contributed by atoms with Gasteiger partial charge in [0, 0.05) is 0 Å². The van der Waals surface area contributed by atoms with E-state index in [1.165, 1.54) is 0 Å². The van der Waals surface area contributed by atoms with Crippen molar-refractivity contribution in [3.8, 4) is 0 Å². The number of hydrogen-bond donors (Lipinski definition) is 2. The fourth-order valence-electron chi connectivity index (χ4n) is 1.82. The van der Waals surface area contributed by atoms with E-state index in [4.69, 9.17) is 5.11 Å². The smallest absolute Gasteiger partial charge is 0.326 e. The lowest BCUT2D eigenvalue weighted by molar-refractivity contribution is -0.139. The molecule has 0 aromatic carbocycles. The molecule has 1 amide bonds. The zero-order valence-corrected chi connectivity index (χ0v) is 12.4. The van der Waals surface area contributed by atoms with Gasteiger partial charge >= 0.3 is 5.97 Å². The lowest BCUT2D eigenvalue weighted by Gasteiger charge is -2.15. The molecule has 0 spiro atoms. The van der Waals surface area contributed by atoms with Gasteiger partial charge in [-0.05, 0) is 27.2 Å². The summed E-state index contributed by atoms with van der Waals surface area (Å²) < 4.78 is 0. The second-order valence-electron chi connectivity index (χ2n) is 4.83. The molecule has 0 aliphatic rings. The Kier molecular flexibility index (Phi) is 5.61. The van der Waals surface area contributed by atoms with Crippen LogP contribution in [0.15, 0.2) is 0 Å². The normalized spacial score (nSPS) is 12.0. The van der Waals surface area contributed by atoms with Gasteiger partial charge in [-0.2, -0.15) is 0 Å². The zero-order chi connectivity index (χ0) is 15.3. The van der Waals surface area contributed by atoms with Gasteiger partial charge in [-0.3, -0.25) is 9.78 Å². The molecule has 0 fully saturated rings. The number of nitrogens with zero attached hydrogens (tertiary/aromatic N) is 2. The van der Waals surface area contributed by atoms with Crippen LogP contribution in [0.3, 0.4) is 0 Å². The lowest BCUT2D eigenvalue weighted by atomic mass is 10.1. The first-order valence-electron chi connectivity index (χ1n) is 6.72. The van der Waals surface area contributed by atoms with Crippen molar-refractivity contribution >= 4 is 11.9 Å². The number of carboxylic acid groups (broad SMARTS) is 1. The van der Waals surface area contributed by atoms with E-state index in [1.807, 2.05) is 13.8 Å². The number of carbonyl (C=O) groups is 2. The van der Waals surface area contributed by atoms with E-state index in [0.29, 0.717) is 17.8 Å². The number of amides is 1. The molecule has 0 saturated heterocycles. The molecule has 0 bridgehead atoms. The first-order valence-corrected chi connectivity index (χ1v) is 6.72. The molecule has 1 rings (SSSR count). The Hall–Kier alpha value is -1.98. The topological polar surface area (TPSA) is 92.2 Å². The third-order valence-corrected chi connectivity index (χ3v) is 3.15. The van der Waals surface area contributed by atoms with E-state index in [0.717, 1.165) is 18.5 Å². The van der Waals surface area contributed by atoms with E-state index in [2.05, 4.69) is 15.3 Å². The van der Waals surface area contributed by atoms with Crippen LogP contribution in [0, 0.1) is 20.8 Å². The van der Waals surface area contributed by atoms with Gasteiger partial charge in [-0.25, -0.2) is 9.78 Å². The molecular weight excluding hydrogens is 258 g/mol. The highest BCUT2D eigenvalue weighted by atomic mass is 16.4. The van der Waals surface area contributed by atoms with Crippen molar-refractivity contribution in [3.05, 3.63) is 22.8 Å². The minimum Gasteiger partial charge on any atom is -0.480 e. The van der Waals surface area contributed by atoms with Gasteiger partial charge in [0.25, 0.3) is 5.91 Å². The molecule has 1 aromatic rings. The maximum atomic E-state index is 12.1. The predicted molar refractivity (Wildman–Crippen MR) is 74.7 cm³/mol. The molecule has 110 valence electrons. The minimum atomic E-state index is -1.03. The number of rotatable bonds is 6. The molecule has 0 unspecified atom stereocenters. The van der Waals surface area contributed by atoms with Gasteiger partial charge in [0.05, 0.1) is 17.1 Å². The Morgan fingerprint density at radius 1 is 1.15 bits per heavy atom. The van der Waals surface area contributed by atoms with Gasteiger partial charge in [-0.15, -0.1) is 0 Å². The van der Waals surface area contributed by atoms with Crippen LogP contribution < -0.4 is 5.32 Å². The van der Waals surface area contributed by atoms with Gasteiger partial charge in [-0.1, -0.05) is 19.8 Å². The highest BCUT2D eigenvalue weighted by Gasteiger charge is 2.22. The van der Waals surface area contributed by atoms with Crippen molar-refractivity contribution in [2.45, 2.75) is 53.0 Å². The Morgan fingerprint density at radius 2 is 1.75 bits per heavy atom. The quantitative estimate of drug-likeness (QED) is 0.828. The summed E-state index contributed by atoms with van der Waals surface area (Å²) >= 11 is 0. The number of nitrogens with one attached hydrogen (secondary N) is 1. The maximum Gasteiger partial charge on any atom is 0.326 e. The summed E-state index contributed by atoms with van der Waals surface area (Å²) in [4.78, 5) is 31.7. The highest BCUT2D eigenvalue weighted by molar-refractivity contribution is 5.95. The number of unbranched alkanes of at least 4 members (excludes halogenated alkanes) is 1. The zero-order valence-electron chi connectivity index (χ0n) is 12.4. The third kappa shape index (κ3) is 4.01. The third-order valence-electron chi connectivity index (χ3n) is 3.15. The average molecular weight is 279 g/mol.